The lowest BCUT2D eigenvalue weighted by Gasteiger charge is -2.19. The molecule has 0 unspecified atom stereocenters. The van der Waals surface area contributed by atoms with Crippen LogP contribution in [0, 0.1) is 5.92 Å². The predicted molar refractivity (Wildman–Crippen MR) is 127 cm³/mol. The number of anilines is 1. The minimum atomic E-state index is -0.156. The van der Waals surface area contributed by atoms with E-state index in [2.05, 4.69) is 29.4 Å². The summed E-state index contributed by atoms with van der Waals surface area (Å²) in [5.74, 6) is 2.33. The van der Waals surface area contributed by atoms with Gasteiger partial charge in [0, 0.05) is 28.9 Å². The number of ether oxygens (including phenoxy) is 2. The average Bonchev–Trinajstić information content (AvgIpc) is 3.13. The molecule has 2 heterocycles. The molecule has 0 bridgehead atoms. The number of fused-ring (bicyclic) bond motifs is 1. The molecule has 3 aromatic rings. The number of carbonyl (C=O) groups excluding carboxylic acids is 1. The fraction of sp³-hybridized carbons (Fsp3) is 0.318. The quantitative estimate of drug-likeness (QED) is 0.444. The van der Waals surface area contributed by atoms with Crippen LogP contribution in [0.15, 0.2) is 41.6 Å². The van der Waals surface area contributed by atoms with Gasteiger partial charge in [-0.25, -0.2) is 0 Å². The third-order valence-electron chi connectivity index (χ3n) is 4.59. The number of aromatic nitrogens is 3. The summed E-state index contributed by atoms with van der Waals surface area (Å²) in [6.07, 6.45) is 0. The largest absolute Gasteiger partial charge is 0.486 e. The summed E-state index contributed by atoms with van der Waals surface area (Å²) in [4.78, 5) is 12.6. The second kappa shape index (κ2) is 10.0. The lowest BCUT2D eigenvalue weighted by Crippen LogP contribution is -2.17. The van der Waals surface area contributed by atoms with Crippen molar-refractivity contribution in [1.82, 2.24) is 14.8 Å². The van der Waals surface area contributed by atoms with Crippen molar-refractivity contribution in [2.24, 2.45) is 5.92 Å². The first kappa shape index (κ1) is 22.8. The maximum atomic E-state index is 12.6. The van der Waals surface area contributed by atoms with Gasteiger partial charge in [0.05, 0.1) is 10.8 Å². The first-order chi connectivity index (χ1) is 15.4. The highest BCUT2D eigenvalue weighted by Crippen LogP contribution is 2.34. The Morgan fingerprint density at radius 3 is 2.66 bits per heavy atom. The van der Waals surface area contributed by atoms with Gasteiger partial charge in [0.2, 0.25) is 5.91 Å². The Hall–Kier alpha value is -2.42. The number of hydrogen-bond acceptors (Lipinski definition) is 6. The van der Waals surface area contributed by atoms with E-state index in [-0.39, 0.29) is 11.7 Å². The number of hydrogen-bond donors (Lipinski definition) is 1. The molecule has 0 saturated heterocycles. The number of nitrogens with zero attached hydrogens (tertiary/aromatic N) is 3. The molecule has 2 aromatic carbocycles. The van der Waals surface area contributed by atoms with Crippen LogP contribution in [-0.4, -0.2) is 39.6 Å². The van der Waals surface area contributed by atoms with Gasteiger partial charge in [-0.3, -0.25) is 4.79 Å². The van der Waals surface area contributed by atoms with Crippen LogP contribution in [0.1, 0.15) is 13.8 Å². The average molecular weight is 493 g/mol. The van der Waals surface area contributed by atoms with E-state index >= 15 is 0 Å². The van der Waals surface area contributed by atoms with Crippen LogP contribution in [0.2, 0.25) is 10.0 Å². The number of carbonyl (C=O) groups is 1. The fourth-order valence-corrected chi connectivity index (χ4v) is 4.48. The maximum Gasteiger partial charge on any atom is 0.234 e. The lowest BCUT2D eigenvalue weighted by molar-refractivity contribution is -0.113. The van der Waals surface area contributed by atoms with Crippen LogP contribution in [0.25, 0.3) is 11.4 Å². The van der Waals surface area contributed by atoms with Crippen LogP contribution in [0.4, 0.5) is 5.69 Å². The van der Waals surface area contributed by atoms with Crippen LogP contribution >= 0.6 is 35.0 Å². The van der Waals surface area contributed by atoms with E-state index in [0.717, 1.165) is 5.56 Å². The van der Waals surface area contributed by atoms with Crippen molar-refractivity contribution in [2.45, 2.75) is 25.5 Å². The Morgan fingerprint density at radius 2 is 1.91 bits per heavy atom. The zero-order chi connectivity index (χ0) is 22.7. The highest BCUT2D eigenvalue weighted by molar-refractivity contribution is 7.99. The number of benzene rings is 2. The highest BCUT2D eigenvalue weighted by atomic mass is 35.5. The van der Waals surface area contributed by atoms with Crippen molar-refractivity contribution >= 4 is 46.6 Å². The van der Waals surface area contributed by atoms with E-state index in [9.17, 15) is 4.79 Å². The van der Waals surface area contributed by atoms with Crippen molar-refractivity contribution in [3.8, 4) is 22.9 Å². The number of amides is 1. The van der Waals surface area contributed by atoms with Gasteiger partial charge in [-0.05, 0) is 36.2 Å². The van der Waals surface area contributed by atoms with E-state index in [0.29, 0.717) is 63.9 Å². The summed E-state index contributed by atoms with van der Waals surface area (Å²) >= 11 is 13.7. The second-order valence-corrected chi connectivity index (χ2v) is 9.42. The van der Waals surface area contributed by atoms with E-state index in [4.69, 9.17) is 32.7 Å². The number of nitrogens with one attached hydrogen (secondary N) is 1. The number of thioether (sulfide) groups is 1. The predicted octanol–water partition coefficient (Wildman–Crippen LogP) is 5.41. The zero-order valence-corrected chi connectivity index (χ0v) is 19.9. The Morgan fingerprint density at radius 1 is 1.12 bits per heavy atom. The van der Waals surface area contributed by atoms with E-state index in [1.165, 1.54) is 11.8 Å². The molecular formula is C22H22Cl2N4O3S. The van der Waals surface area contributed by atoms with Crippen molar-refractivity contribution < 1.29 is 14.3 Å². The molecule has 4 rings (SSSR count). The molecule has 1 N–H and O–H groups in total. The summed E-state index contributed by atoms with van der Waals surface area (Å²) in [6, 6.07) is 10.6. The van der Waals surface area contributed by atoms with Gasteiger partial charge in [0.25, 0.3) is 0 Å². The molecule has 1 aromatic heterocycles. The van der Waals surface area contributed by atoms with E-state index in [1.54, 1.807) is 30.3 Å². The maximum absolute atomic E-state index is 12.6. The van der Waals surface area contributed by atoms with Crippen molar-refractivity contribution in [2.75, 3.05) is 24.3 Å². The van der Waals surface area contributed by atoms with Gasteiger partial charge in [0.15, 0.2) is 22.5 Å². The minimum absolute atomic E-state index is 0.156. The molecule has 1 aliphatic heterocycles. The fourth-order valence-electron chi connectivity index (χ4n) is 3.24. The molecule has 0 spiro atoms. The van der Waals surface area contributed by atoms with Crippen molar-refractivity contribution in [3.05, 3.63) is 46.4 Å². The molecule has 0 aliphatic carbocycles. The highest BCUT2D eigenvalue weighted by Gasteiger charge is 2.19. The molecule has 32 heavy (non-hydrogen) atoms. The Bertz CT molecular complexity index is 1140. The summed E-state index contributed by atoms with van der Waals surface area (Å²) in [7, 11) is 0. The summed E-state index contributed by atoms with van der Waals surface area (Å²) < 4.78 is 13.1. The van der Waals surface area contributed by atoms with Crippen LogP contribution in [0.3, 0.4) is 0 Å². The van der Waals surface area contributed by atoms with Gasteiger partial charge in [-0.15, -0.1) is 10.2 Å². The Balaban J connectivity index is 1.48. The third kappa shape index (κ3) is 5.31. The van der Waals surface area contributed by atoms with Crippen LogP contribution < -0.4 is 14.8 Å². The summed E-state index contributed by atoms with van der Waals surface area (Å²) in [5, 5.41) is 13.3. The zero-order valence-electron chi connectivity index (χ0n) is 17.6. The van der Waals surface area contributed by atoms with Gasteiger partial charge in [-0.2, -0.15) is 0 Å². The standard InChI is InChI=1S/C22H22Cl2N4O3S/c1-13(2)11-28-21(16-5-3-14(23)9-17(16)24)26-27-22(28)32-12-20(29)25-15-4-6-18-19(10-15)31-8-7-30-18/h3-6,9-10,13H,7-8,11-12H2,1-2H3,(H,25,29). The van der Waals surface area contributed by atoms with Crippen molar-refractivity contribution in [1.29, 1.82) is 0 Å². The second-order valence-electron chi connectivity index (χ2n) is 7.63. The van der Waals surface area contributed by atoms with Gasteiger partial charge in [0.1, 0.15) is 13.2 Å². The molecule has 7 nitrogen and oxygen atoms in total. The van der Waals surface area contributed by atoms with Gasteiger partial charge in [-0.1, -0.05) is 48.8 Å². The van der Waals surface area contributed by atoms with Gasteiger partial charge < -0.3 is 19.4 Å². The summed E-state index contributed by atoms with van der Waals surface area (Å²) in [5.41, 5.74) is 1.40. The molecule has 1 aliphatic rings. The van der Waals surface area contributed by atoms with Crippen LogP contribution in [0.5, 0.6) is 11.5 Å². The molecule has 0 atom stereocenters. The Kier molecular flexibility index (Phi) is 7.13. The first-order valence-corrected chi connectivity index (χ1v) is 11.9. The molecule has 168 valence electrons. The molecule has 0 saturated carbocycles. The SMILES string of the molecule is CC(C)Cn1c(SCC(=O)Nc2ccc3c(c2)OCCO3)nnc1-c1ccc(Cl)cc1Cl. The number of rotatable bonds is 7. The monoisotopic (exact) mass is 492 g/mol. The third-order valence-corrected chi connectivity index (χ3v) is 6.11. The smallest absolute Gasteiger partial charge is 0.234 e. The van der Waals surface area contributed by atoms with Crippen LogP contribution in [-0.2, 0) is 11.3 Å². The lowest BCUT2D eigenvalue weighted by atomic mass is 10.2. The number of halogens is 2. The summed E-state index contributed by atoms with van der Waals surface area (Å²) in [6.45, 7) is 5.92. The minimum Gasteiger partial charge on any atom is -0.486 e. The Labute approximate surface area is 200 Å². The normalized spacial score (nSPS) is 12.8. The van der Waals surface area contributed by atoms with Gasteiger partial charge >= 0.3 is 0 Å². The molecule has 0 radical (unpaired) electrons. The molecule has 0 fully saturated rings. The van der Waals surface area contributed by atoms with E-state index < -0.39 is 0 Å². The molecule has 10 heteroatoms. The molecule has 1 amide bonds. The van der Waals surface area contributed by atoms with E-state index in [1.807, 2.05) is 10.6 Å². The van der Waals surface area contributed by atoms with Crippen molar-refractivity contribution in [3.63, 3.8) is 0 Å². The molecular weight excluding hydrogens is 471 g/mol. The topological polar surface area (TPSA) is 78.3 Å². The first-order valence-electron chi connectivity index (χ1n) is 10.1.